The predicted octanol–water partition coefficient (Wildman–Crippen LogP) is 2.27. The Labute approximate surface area is 101 Å². The van der Waals surface area contributed by atoms with Crippen LogP contribution in [0.3, 0.4) is 0 Å². The van der Waals surface area contributed by atoms with Gasteiger partial charge in [0.05, 0.1) is 18.4 Å². The first-order chi connectivity index (χ1) is 8.25. The minimum Gasteiger partial charge on any atom is -0.326 e. The molecule has 0 fully saturated rings. The van der Waals surface area contributed by atoms with Gasteiger partial charge in [0.1, 0.15) is 5.82 Å². The molecule has 2 aromatic rings. The van der Waals surface area contributed by atoms with Gasteiger partial charge in [0.25, 0.3) is 0 Å². The van der Waals surface area contributed by atoms with Crippen LogP contribution in [0.25, 0.3) is 11.3 Å². The Balaban J connectivity index is 2.09. The van der Waals surface area contributed by atoms with Gasteiger partial charge in [-0.2, -0.15) is 0 Å². The van der Waals surface area contributed by atoms with Gasteiger partial charge in [0.2, 0.25) is 0 Å². The van der Waals surface area contributed by atoms with Crippen molar-refractivity contribution in [2.75, 3.05) is 6.54 Å². The Kier molecular flexibility index (Phi) is 2.48. The van der Waals surface area contributed by atoms with Crippen molar-refractivity contribution in [3.8, 4) is 11.3 Å². The van der Waals surface area contributed by atoms with Gasteiger partial charge in [-0.25, -0.2) is 4.98 Å². The van der Waals surface area contributed by atoms with Gasteiger partial charge in [-0.3, -0.25) is 0 Å². The lowest BCUT2D eigenvalue weighted by atomic mass is 10.0. The molecule has 88 valence electrons. The highest BCUT2D eigenvalue weighted by Gasteiger charge is 2.14. The van der Waals surface area contributed by atoms with Crippen LogP contribution >= 0.6 is 0 Å². The predicted molar refractivity (Wildman–Crippen MR) is 68.8 cm³/mol. The zero-order valence-electron chi connectivity index (χ0n) is 10.3. The Bertz CT molecular complexity index is 555. The van der Waals surface area contributed by atoms with E-state index >= 15 is 0 Å². The summed E-state index contributed by atoms with van der Waals surface area (Å²) in [5.41, 5.74) is 5.19. The zero-order valence-corrected chi connectivity index (χ0v) is 10.3. The molecular formula is C14H17N3. The Hall–Kier alpha value is -1.61. The van der Waals surface area contributed by atoms with Gasteiger partial charge in [0.15, 0.2) is 0 Å². The third kappa shape index (κ3) is 1.76. The Morgan fingerprint density at radius 3 is 2.94 bits per heavy atom. The molecule has 1 aliphatic heterocycles. The Morgan fingerprint density at radius 2 is 2.12 bits per heavy atom. The fraction of sp³-hybridized carbons (Fsp3) is 0.357. The fourth-order valence-corrected chi connectivity index (χ4v) is 2.33. The number of aromatic nitrogens is 2. The molecule has 0 amide bonds. The van der Waals surface area contributed by atoms with E-state index in [1.807, 2.05) is 6.20 Å². The van der Waals surface area contributed by atoms with Crippen LogP contribution < -0.4 is 5.32 Å². The maximum absolute atomic E-state index is 4.49. The van der Waals surface area contributed by atoms with Crippen molar-refractivity contribution in [2.24, 2.45) is 0 Å². The smallest absolute Gasteiger partial charge is 0.123 e. The maximum atomic E-state index is 4.49. The number of rotatable bonds is 1. The molecule has 0 spiro atoms. The summed E-state index contributed by atoms with van der Waals surface area (Å²) in [6.07, 6.45) is 1.99. The molecule has 1 aromatic carbocycles. The number of aryl methyl sites for hydroxylation is 2. The Morgan fingerprint density at radius 1 is 1.24 bits per heavy atom. The second-order valence-corrected chi connectivity index (χ2v) is 4.69. The number of fused-ring (bicyclic) bond motifs is 1. The summed E-state index contributed by atoms with van der Waals surface area (Å²) < 4.78 is 2.32. The van der Waals surface area contributed by atoms with Crippen LogP contribution in [0.4, 0.5) is 0 Å². The molecule has 0 aliphatic carbocycles. The van der Waals surface area contributed by atoms with Crippen molar-refractivity contribution in [1.82, 2.24) is 14.9 Å². The van der Waals surface area contributed by atoms with E-state index < -0.39 is 0 Å². The summed E-state index contributed by atoms with van der Waals surface area (Å²) in [5.74, 6) is 1.14. The first-order valence-electron chi connectivity index (χ1n) is 6.08. The lowest BCUT2D eigenvalue weighted by Crippen LogP contribution is -2.28. The quantitative estimate of drug-likeness (QED) is 0.810. The molecule has 2 heterocycles. The van der Waals surface area contributed by atoms with Crippen molar-refractivity contribution in [3.05, 3.63) is 41.3 Å². The molecule has 0 radical (unpaired) electrons. The zero-order chi connectivity index (χ0) is 11.8. The molecular weight excluding hydrogens is 210 g/mol. The van der Waals surface area contributed by atoms with E-state index in [2.05, 4.69) is 46.9 Å². The van der Waals surface area contributed by atoms with Crippen molar-refractivity contribution in [2.45, 2.75) is 26.9 Å². The fourth-order valence-electron chi connectivity index (χ4n) is 2.33. The lowest BCUT2D eigenvalue weighted by molar-refractivity contribution is 0.508. The SMILES string of the molecule is Cc1ccc(-c2cnc3n2CCNC3)cc1C. The summed E-state index contributed by atoms with van der Waals surface area (Å²) in [4.78, 5) is 4.49. The second-order valence-electron chi connectivity index (χ2n) is 4.69. The molecule has 0 saturated carbocycles. The minimum atomic E-state index is 0.880. The van der Waals surface area contributed by atoms with Crippen LogP contribution in [0.2, 0.25) is 0 Å². The highest BCUT2D eigenvalue weighted by molar-refractivity contribution is 5.61. The first kappa shape index (κ1) is 10.5. The second kappa shape index (κ2) is 4.00. The molecule has 3 rings (SSSR count). The molecule has 3 nitrogen and oxygen atoms in total. The summed E-state index contributed by atoms with van der Waals surface area (Å²) in [6, 6.07) is 6.63. The molecule has 0 atom stereocenters. The normalized spacial score (nSPS) is 14.7. The van der Waals surface area contributed by atoms with Crippen molar-refractivity contribution >= 4 is 0 Å². The van der Waals surface area contributed by atoms with E-state index in [0.717, 1.165) is 25.5 Å². The number of nitrogens with one attached hydrogen (secondary N) is 1. The van der Waals surface area contributed by atoms with Gasteiger partial charge in [-0.1, -0.05) is 12.1 Å². The molecule has 1 N–H and O–H groups in total. The van der Waals surface area contributed by atoms with Crippen LogP contribution in [0.5, 0.6) is 0 Å². The van der Waals surface area contributed by atoms with Crippen LogP contribution in [-0.4, -0.2) is 16.1 Å². The monoisotopic (exact) mass is 227 g/mol. The van der Waals surface area contributed by atoms with Crippen molar-refractivity contribution in [3.63, 3.8) is 0 Å². The molecule has 1 aromatic heterocycles. The molecule has 0 saturated heterocycles. The van der Waals surface area contributed by atoms with Gasteiger partial charge in [-0.05, 0) is 31.0 Å². The third-order valence-electron chi connectivity index (χ3n) is 3.54. The van der Waals surface area contributed by atoms with E-state index in [1.165, 1.54) is 22.4 Å². The number of hydrogen-bond acceptors (Lipinski definition) is 2. The highest BCUT2D eigenvalue weighted by Crippen LogP contribution is 2.24. The standard InChI is InChI=1S/C14H17N3/c1-10-3-4-12(7-11(10)2)13-8-16-14-9-15-5-6-17(13)14/h3-4,7-8,15H,5-6,9H2,1-2H3. The summed E-state index contributed by atoms with van der Waals surface area (Å²) in [6.45, 7) is 7.23. The largest absolute Gasteiger partial charge is 0.326 e. The number of nitrogens with zero attached hydrogens (tertiary/aromatic N) is 2. The summed E-state index contributed by atoms with van der Waals surface area (Å²) in [7, 11) is 0. The third-order valence-corrected chi connectivity index (χ3v) is 3.54. The number of benzene rings is 1. The van der Waals surface area contributed by atoms with Gasteiger partial charge < -0.3 is 9.88 Å². The number of imidazole rings is 1. The average molecular weight is 227 g/mol. The van der Waals surface area contributed by atoms with E-state index in [1.54, 1.807) is 0 Å². The van der Waals surface area contributed by atoms with Crippen molar-refractivity contribution < 1.29 is 0 Å². The van der Waals surface area contributed by atoms with Crippen molar-refractivity contribution in [1.29, 1.82) is 0 Å². The maximum Gasteiger partial charge on any atom is 0.123 e. The minimum absolute atomic E-state index is 0.880. The highest BCUT2D eigenvalue weighted by atomic mass is 15.2. The van der Waals surface area contributed by atoms with E-state index in [-0.39, 0.29) is 0 Å². The molecule has 0 bridgehead atoms. The van der Waals surface area contributed by atoms with Gasteiger partial charge in [0, 0.05) is 18.7 Å². The molecule has 3 heteroatoms. The number of hydrogen-bond donors (Lipinski definition) is 1. The van der Waals surface area contributed by atoms with Crippen LogP contribution in [-0.2, 0) is 13.1 Å². The van der Waals surface area contributed by atoms with Gasteiger partial charge in [-0.15, -0.1) is 0 Å². The van der Waals surface area contributed by atoms with Gasteiger partial charge >= 0.3 is 0 Å². The molecule has 17 heavy (non-hydrogen) atoms. The topological polar surface area (TPSA) is 29.9 Å². The molecule has 1 aliphatic rings. The van der Waals surface area contributed by atoms with Crippen LogP contribution in [0, 0.1) is 13.8 Å². The van der Waals surface area contributed by atoms with Crippen LogP contribution in [0.1, 0.15) is 17.0 Å². The van der Waals surface area contributed by atoms with Crippen LogP contribution in [0.15, 0.2) is 24.4 Å². The summed E-state index contributed by atoms with van der Waals surface area (Å²) >= 11 is 0. The van der Waals surface area contributed by atoms with E-state index in [0.29, 0.717) is 0 Å². The van der Waals surface area contributed by atoms with E-state index in [9.17, 15) is 0 Å². The average Bonchev–Trinajstić information content (AvgIpc) is 2.76. The first-order valence-corrected chi connectivity index (χ1v) is 6.08. The molecule has 0 unspecified atom stereocenters. The lowest BCUT2D eigenvalue weighted by Gasteiger charge is -2.18. The summed E-state index contributed by atoms with van der Waals surface area (Å²) in [5, 5.41) is 3.34. The van der Waals surface area contributed by atoms with E-state index in [4.69, 9.17) is 0 Å².